The third-order valence-electron chi connectivity index (χ3n) is 3.42. The Morgan fingerprint density at radius 2 is 2.20 bits per heavy atom. The normalized spacial score (nSPS) is 13.9. The molecule has 0 heterocycles. The van der Waals surface area contributed by atoms with Crippen molar-refractivity contribution in [1.29, 1.82) is 0 Å². The Morgan fingerprint density at radius 3 is 2.75 bits per heavy atom. The molecule has 20 heavy (non-hydrogen) atoms. The van der Waals surface area contributed by atoms with Gasteiger partial charge in [0.05, 0.1) is 4.92 Å². The first-order valence-corrected chi connectivity index (χ1v) is 6.84. The van der Waals surface area contributed by atoms with E-state index in [0.29, 0.717) is 23.8 Å². The van der Waals surface area contributed by atoms with Gasteiger partial charge in [-0.2, -0.15) is 0 Å². The first-order chi connectivity index (χ1) is 9.54. The summed E-state index contributed by atoms with van der Waals surface area (Å²) in [5.41, 5.74) is 0.902. The van der Waals surface area contributed by atoms with Crippen molar-refractivity contribution < 1.29 is 9.72 Å². The summed E-state index contributed by atoms with van der Waals surface area (Å²) >= 11 is 0. The predicted molar refractivity (Wildman–Crippen MR) is 77.0 cm³/mol. The van der Waals surface area contributed by atoms with E-state index in [1.54, 1.807) is 18.0 Å². The number of nitrogens with zero attached hydrogens (tertiary/aromatic N) is 2. The summed E-state index contributed by atoms with van der Waals surface area (Å²) in [6.45, 7) is 2.62. The molecule has 0 saturated heterocycles. The summed E-state index contributed by atoms with van der Waals surface area (Å²) in [5.74, 6) is -0.0815. The van der Waals surface area contributed by atoms with Crippen LogP contribution in [0.4, 0.5) is 11.4 Å². The van der Waals surface area contributed by atoms with Crippen molar-refractivity contribution in [2.75, 3.05) is 18.9 Å². The van der Waals surface area contributed by atoms with Gasteiger partial charge in [0.25, 0.3) is 11.6 Å². The van der Waals surface area contributed by atoms with Gasteiger partial charge >= 0.3 is 0 Å². The number of hydrogen-bond acceptors (Lipinski definition) is 4. The minimum absolute atomic E-state index is 0.00377. The van der Waals surface area contributed by atoms with Crippen LogP contribution in [-0.2, 0) is 0 Å². The van der Waals surface area contributed by atoms with Gasteiger partial charge in [-0.25, -0.2) is 0 Å². The van der Waals surface area contributed by atoms with Gasteiger partial charge in [0, 0.05) is 31.3 Å². The van der Waals surface area contributed by atoms with E-state index in [2.05, 4.69) is 5.32 Å². The number of amides is 1. The van der Waals surface area contributed by atoms with Gasteiger partial charge in [0.2, 0.25) is 0 Å². The Hall–Kier alpha value is -2.11. The zero-order valence-corrected chi connectivity index (χ0v) is 11.8. The molecule has 0 unspecified atom stereocenters. The van der Waals surface area contributed by atoms with Crippen molar-refractivity contribution in [3.63, 3.8) is 0 Å². The molecule has 1 aromatic carbocycles. The minimum atomic E-state index is -0.434. The highest BCUT2D eigenvalue weighted by Crippen LogP contribution is 2.29. The molecule has 2 rings (SSSR count). The summed E-state index contributed by atoms with van der Waals surface area (Å²) < 4.78 is 0. The lowest BCUT2D eigenvalue weighted by atomic mass is 10.1. The highest BCUT2D eigenvalue weighted by molar-refractivity contribution is 5.96. The van der Waals surface area contributed by atoms with Crippen molar-refractivity contribution in [3.05, 3.63) is 33.9 Å². The molecular formula is C14H19N3O3. The molecule has 1 N–H and O–H groups in total. The molecule has 1 aliphatic rings. The molecular weight excluding hydrogens is 258 g/mol. The van der Waals surface area contributed by atoms with E-state index in [1.165, 1.54) is 12.1 Å². The van der Waals surface area contributed by atoms with E-state index < -0.39 is 4.92 Å². The molecule has 1 aliphatic carbocycles. The molecule has 1 amide bonds. The van der Waals surface area contributed by atoms with E-state index in [4.69, 9.17) is 0 Å². The van der Waals surface area contributed by atoms with Gasteiger partial charge in [-0.15, -0.1) is 0 Å². The number of nitrogens with one attached hydrogen (secondary N) is 1. The maximum absolute atomic E-state index is 12.3. The fourth-order valence-electron chi connectivity index (χ4n) is 2.06. The van der Waals surface area contributed by atoms with Gasteiger partial charge in [0.15, 0.2) is 0 Å². The number of anilines is 1. The van der Waals surface area contributed by atoms with Gasteiger partial charge in [0.1, 0.15) is 5.69 Å². The molecule has 0 atom stereocenters. The average molecular weight is 277 g/mol. The fraction of sp³-hybridized carbons (Fsp3) is 0.500. The van der Waals surface area contributed by atoms with Gasteiger partial charge in [-0.3, -0.25) is 14.9 Å². The van der Waals surface area contributed by atoms with Crippen LogP contribution >= 0.6 is 0 Å². The molecule has 0 aromatic heterocycles. The molecule has 1 aromatic rings. The Bertz CT molecular complexity index is 526. The van der Waals surface area contributed by atoms with Crippen LogP contribution in [0.2, 0.25) is 0 Å². The first-order valence-electron chi connectivity index (χ1n) is 6.84. The molecule has 1 fully saturated rings. The lowest BCUT2D eigenvalue weighted by Crippen LogP contribution is -2.28. The zero-order chi connectivity index (χ0) is 14.7. The molecule has 0 aliphatic heterocycles. The Kier molecular flexibility index (Phi) is 4.22. The third kappa shape index (κ3) is 3.07. The van der Waals surface area contributed by atoms with Crippen LogP contribution in [0.3, 0.4) is 0 Å². The maximum Gasteiger partial charge on any atom is 0.292 e. The van der Waals surface area contributed by atoms with Crippen LogP contribution < -0.4 is 5.32 Å². The van der Waals surface area contributed by atoms with Crippen LogP contribution in [0.5, 0.6) is 0 Å². The topological polar surface area (TPSA) is 75.5 Å². The van der Waals surface area contributed by atoms with Crippen molar-refractivity contribution >= 4 is 17.3 Å². The Labute approximate surface area is 117 Å². The lowest BCUT2D eigenvalue weighted by Gasteiger charge is -2.17. The molecule has 108 valence electrons. The highest BCUT2D eigenvalue weighted by atomic mass is 16.6. The van der Waals surface area contributed by atoms with Crippen molar-refractivity contribution in [1.82, 2.24) is 4.90 Å². The van der Waals surface area contributed by atoms with Crippen molar-refractivity contribution in [2.45, 2.75) is 32.2 Å². The number of carbonyl (C=O) groups excluding carboxylic acids is 1. The zero-order valence-electron chi connectivity index (χ0n) is 11.8. The first kappa shape index (κ1) is 14.3. The molecule has 6 nitrogen and oxygen atoms in total. The van der Waals surface area contributed by atoms with Crippen molar-refractivity contribution in [3.8, 4) is 0 Å². The summed E-state index contributed by atoms with van der Waals surface area (Å²) in [6, 6.07) is 4.82. The van der Waals surface area contributed by atoms with E-state index >= 15 is 0 Å². The summed E-state index contributed by atoms with van der Waals surface area (Å²) in [7, 11) is 1.78. The number of nitro benzene ring substituents is 1. The number of hydrogen-bond donors (Lipinski definition) is 1. The van der Waals surface area contributed by atoms with Crippen LogP contribution in [0.25, 0.3) is 0 Å². The summed E-state index contributed by atoms with van der Waals surface area (Å²) in [4.78, 5) is 24.5. The minimum Gasteiger partial charge on any atom is -0.379 e. The van der Waals surface area contributed by atoms with Crippen LogP contribution in [0.15, 0.2) is 18.2 Å². The predicted octanol–water partition coefficient (Wildman–Crippen LogP) is 2.65. The van der Waals surface area contributed by atoms with Crippen molar-refractivity contribution in [2.24, 2.45) is 0 Å². The van der Waals surface area contributed by atoms with Crippen LogP contribution in [-0.4, -0.2) is 35.4 Å². The second-order valence-corrected chi connectivity index (χ2v) is 5.06. The van der Waals surface area contributed by atoms with E-state index in [-0.39, 0.29) is 11.6 Å². The fourth-order valence-corrected chi connectivity index (χ4v) is 2.06. The molecule has 0 spiro atoms. The second kappa shape index (κ2) is 5.90. The number of carbonyl (C=O) groups is 1. The second-order valence-electron chi connectivity index (χ2n) is 5.06. The standard InChI is InChI=1S/C14H19N3O3/c1-3-8-15-12-9-10(4-7-13(12)17(19)20)14(18)16(2)11-5-6-11/h4,7,9,11,15H,3,5-6,8H2,1-2H3. The van der Waals surface area contributed by atoms with Gasteiger partial charge in [-0.1, -0.05) is 6.92 Å². The van der Waals surface area contributed by atoms with E-state index in [1.807, 2.05) is 6.92 Å². The maximum atomic E-state index is 12.3. The van der Waals surface area contributed by atoms with Gasteiger partial charge < -0.3 is 10.2 Å². The monoisotopic (exact) mass is 277 g/mol. The van der Waals surface area contributed by atoms with Gasteiger partial charge in [-0.05, 0) is 31.4 Å². The third-order valence-corrected chi connectivity index (χ3v) is 3.42. The summed E-state index contributed by atoms with van der Waals surface area (Å²) in [5, 5.41) is 14.0. The highest BCUT2D eigenvalue weighted by Gasteiger charge is 2.30. The Balaban J connectivity index is 2.25. The number of benzene rings is 1. The Morgan fingerprint density at radius 1 is 1.50 bits per heavy atom. The van der Waals surface area contributed by atoms with E-state index in [0.717, 1.165) is 19.3 Å². The number of rotatable bonds is 6. The molecule has 0 bridgehead atoms. The molecule has 0 radical (unpaired) electrons. The SMILES string of the molecule is CCCNc1cc(C(=O)N(C)C2CC2)ccc1[N+](=O)[O-]. The molecule has 1 saturated carbocycles. The number of nitro groups is 1. The van der Waals surface area contributed by atoms with Crippen LogP contribution in [0, 0.1) is 10.1 Å². The van der Waals surface area contributed by atoms with E-state index in [9.17, 15) is 14.9 Å². The largest absolute Gasteiger partial charge is 0.379 e. The van der Waals surface area contributed by atoms with Crippen LogP contribution in [0.1, 0.15) is 36.5 Å². The molecule has 6 heteroatoms. The average Bonchev–Trinajstić information content (AvgIpc) is 3.27. The quantitative estimate of drug-likeness (QED) is 0.640. The smallest absolute Gasteiger partial charge is 0.292 e. The summed E-state index contributed by atoms with van der Waals surface area (Å²) in [6.07, 6.45) is 2.93. The lowest BCUT2D eigenvalue weighted by molar-refractivity contribution is -0.384.